The Kier molecular flexibility index (Phi) is 3.13. The number of thiol groups is 1. The summed E-state index contributed by atoms with van der Waals surface area (Å²) < 4.78 is 2.76. The van der Waals surface area contributed by atoms with E-state index in [1.54, 1.807) is 0 Å². The van der Waals surface area contributed by atoms with Crippen molar-refractivity contribution < 1.29 is 0 Å². The molecular weight excluding hydrogens is 106 g/mol. The number of hydrogen-bond donors (Lipinski definition) is 2. The average Bonchev–Trinajstić information content (AvgIpc) is 1.65. The second-order valence-corrected chi connectivity index (χ2v) is 1.96. The molecule has 0 radical (unpaired) electrons. The molecule has 0 aromatic rings. The van der Waals surface area contributed by atoms with E-state index in [1.165, 1.54) is 0 Å². The Bertz CT molecular complexity index is 70.5. The van der Waals surface area contributed by atoms with Crippen LogP contribution in [0.25, 0.3) is 0 Å². The molecule has 1 unspecified atom stereocenters. The first-order chi connectivity index (χ1) is 3.18. The van der Waals surface area contributed by atoms with Crippen molar-refractivity contribution in [2.45, 2.75) is 19.9 Å². The van der Waals surface area contributed by atoms with E-state index in [2.05, 4.69) is 24.1 Å². The van der Waals surface area contributed by atoms with E-state index in [0.717, 1.165) is 5.57 Å². The molecule has 0 aromatic carbocycles. The molecule has 0 saturated carbocycles. The van der Waals surface area contributed by atoms with E-state index in [1.807, 2.05) is 13.8 Å². The Hall–Kier alpha value is 0.0500. The first kappa shape index (κ1) is 7.05. The fourth-order valence-corrected chi connectivity index (χ4v) is 0.331. The molecule has 0 aromatic heterocycles. The van der Waals surface area contributed by atoms with Crippen molar-refractivity contribution in [3.63, 3.8) is 0 Å². The molecule has 42 valence electrons. The molecular formula is C5H11NS. The summed E-state index contributed by atoms with van der Waals surface area (Å²) in [6, 6.07) is 0.323. The van der Waals surface area contributed by atoms with Crippen molar-refractivity contribution in [1.29, 1.82) is 0 Å². The maximum atomic E-state index is 3.84. The Morgan fingerprint density at radius 2 is 2.29 bits per heavy atom. The standard InChI is InChI=1S/C5H11NS/c1-4(2)5(3)6-7/h5-7H,1H2,2-3H3. The highest BCUT2D eigenvalue weighted by Gasteiger charge is 1.94. The molecule has 7 heavy (non-hydrogen) atoms. The second-order valence-electron chi connectivity index (χ2n) is 1.70. The van der Waals surface area contributed by atoms with Gasteiger partial charge in [-0.25, -0.2) is 0 Å². The van der Waals surface area contributed by atoms with Gasteiger partial charge >= 0.3 is 0 Å². The van der Waals surface area contributed by atoms with Crippen LogP contribution in [0.3, 0.4) is 0 Å². The van der Waals surface area contributed by atoms with Crippen molar-refractivity contribution in [1.82, 2.24) is 4.72 Å². The van der Waals surface area contributed by atoms with Crippen LogP contribution in [0, 0.1) is 0 Å². The van der Waals surface area contributed by atoms with Crippen molar-refractivity contribution >= 4 is 12.8 Å². The lowest BCUT2D eigenvalue weighted by molar-refractivity contribution is 0.806. The summed E-state index contributed by atoms with van der Waals surface area (Å²) in [6.45, 7) is 7.69. The molecule has 2 heteroatoms. The van der Waals surface area contributed by atoms with Crippen LogP contribution in [-0.4, -0.2) is 6.04 Å². The summed E-state index contributed by atoms with van der Waals surface area (Å²) >= 11 is 3.84. The summed E-state index contributed by atoms with van der Waals surface area (Å²) in [5.41, 5.74) is 1.11. The monoisotopic (exact) mass is 117 g/mol. The van der Waals surface area contributed by atoms with Gasteiger partial charge in [0.05, 0.1) is 0 Å². The van der Waals surface area contributed by atoms with Gasteiger partial charge in [0.15, 0.2) is 0 Å². The molecule has 0 spiro atoms. The zero-order valence-electron chi connectivity index (χ0n) is 4.73. The van der Waals surface area contributed by atoms with Crippen LogP contribution in [0.1, 0.15) is 13.8 Å². The summed E-state index contributed by atoms with van der Waals surface area (Å²) in [5.74, 6) is 0. The SMILES string of the molecule is C=C(C)C(C)NS. The van der Waals surface area contributed by atoms with E-state index in [-0.39, 0.29) is 0 Å². The van der Waals surface area contributed by atoms with Crippen molar-refractivity contribution in [3.8, 4) is 0 Å². The minimum absolute atomic E-state index is 0.323. The molecule has 0 saturated heterocycles. The second kappa shape index (κ2) is 3.10. The van der Waals surface area contributed by atoms with E-state index >= 15 is 0 Å². The van der Waals surface area contributed by atoms with Gasteiger partial charge in [0.25, 0.3) is 0 Å². The van der Waals surface area contributed by atoms with Crippen molar-refractivity contribution in [2.75, 3.05) is 0 Å². The van der Waals surface area contributed by atoms with E-state index < -0.39 is 0 Å². The number of nitrogens with one attached hydrogen (secondary N) is 1. The fraction of sp³-hybridized carbons (Fsp3) is 0.600. The predicted octanol–water partition coefficient (Wildman–Crippen LogP) is 1.39. The highest BCUT2D eigenvalue weighted by atomic mass is 32.1. The molecule has 0 aliphatic rings. The average molecular weight is 117 g/mol. The van der Waals surface area contributed by atoms with Crippen LogP contribution >= 0.6 is 12.8 Å². The molecule has 1 nitrogen and oxygen atoms in total. The van der Waals surface area contributed by atoms with Gasteiger partial charge in [-0.1, -0.05) is 25.0 Å². The van der Waals surface area contributed by atoms with Gasteiger partial charge in [-0.3, -0.25) is 4.72 Å². The van der Waals surface area contributed by atoms with Gasteiger partial charge in [0, 0.05) is 6.04 Å². The lowest BCUT2D eigenvalue weighted by Crippen LogP contribution is -2.16. The number of rotatable bonds is 2. The summed E-state index contributed by atoms with van der Waals surface area (Å²) in [4.78, 5) is 0. The summed E-state index contributed by atoms with van der Waals surface area (Å²) in [5, 5.41) is 0. The Labute approximate surface area is 50.3 Å². The van der Waals surface area contributed by atoms with Gasteiger partial charge in [-0.15, -0.1) is 0 Å². The van der Waals surface area contributed by atoms with Crippen molar-refractivity contribution in [2.24, 2.45) is 0 Å². The molecule has 0 amide bonds. The highest BCUT2D eigenvalue weighted by Crippen LogP contribution is 1.94. The Morgan fingerprint density at radius 3 is 2.29 bits per heavy atom. The van der Waals surface area contributed by atoms with Crippen LogP contribution in [-0.2, 0) is 0 Å². The zero-order valence-corrected chi connectivity index (χ0v) is 5.63. The third kappa shape index (κ3) is 2.71. The largest absolute Gasteiger partial charge is 0.260 e. The molecule has 0 heterocycles. The van der Waals surface area contributed by atoms with Crippen LogP contribution in [0.4, 0.5) is 0 Å². The van der Waals surface area contributed by atoms with Crippen LogP contribution < -0.4 is 4.72 Å². The van der Waals surface area contributed by atoms with Crippen LogP contribution in [0.5, 0.6) is 0 Å². The molecule has 1 N–H and O–H groups in total. The quantitative estimate of drug-likeness (QED) is 0.411. The minimum Gasteiger partial charge on any atom is -0.260 e. The van der Waals surface area contributed by atoms with Gasteiger partial charge in [-0.2, -0.15) is 0 Å². The zero-order chi connectivity index (χ0) is 5.86. The topological polar surface area (TPSA) is 12.0 Å². The lowest BCUT2D eigenvalue weighted by atomic mass is 10.2. The predicted molar refractivity (Wildman–Crippen MR) is 36.4 cm³/mol. The molecule has 0 rings (SSSR count). The first-order valence-corrected chi connectivity index (χ1v) is 2.68. The van der Waals surface area contributed by atoms with Gasteiger partial charge in [-0.05, 0) is 13.8 Å². The first-order valence-electron chi connectivity index (χ1n) is 2.23. The van der Waals surface area contributed by atoms with Gasteiger partial charge < -0.3 is 0 Å². The Balaban J connectivity index is 3.34. The highest BCUT2D eigenvalue weighted by molar-refractivity contribution is 7.78. The number of hydrogen-bond acceptors (Lipinski definition) is 2. The maximum Gasteiger partial charge on any atom is 0.0345 e. The molecule has 1 atom stereocenters. The Morgan fingerprint density at radius 1 is 1.86 bits per heavy atom. The summed E-state index contributed by atoms with van der Waals surface area (Å²) in [7, 11) is 0. The molecule has 0 aliphatic heterocycles. The van der Waals surface area contributed by atoms with E-state index in [0.29, 0.717) is 6.04 Å². The van der Waals surface area contributed by atoms with Gasteiger partial charge in [0.1, 0.15) is 0 Å². The molecule has 0 fully saturated rings. The fourth-order valence-electron chi connectivity index (χ4n) is 0.110. The molecule has 0 aliphatic carbocycles. The van der Waals surface area contributed by atoms with Crippen molar-refractivity contribution in [3.05, 3.63) is 12.2 Å². The van der Waals surface area contributed by atoms with Crippen LogP contribution in [0.2, 0.25) is 0 Å². The maximum absolute atomic E-state index is 3.84. The molecule has 0 bridgehead atoms. The third-order valence-corrected chi connectivity index (χ3v) is 1.32. The normalized spacial score (nSPS) is 13.6. The van der Waals surface area contributed by atoms with E-state index in [4.69, 9.17) is 0 Å². The smallest absolute Gasteiger partial charge is 0.0345 e. The van der Waals surface area contributed by atoms with E-state index in [9.17, 15) is 0 Å². The lowest BCUT2D eigenvalue weighted by Gasteiger charge is -2.05. The van der Waals surface area contributed by atoms with Crippen LogP contribution in [0.15, 0.2) is 12.2 Å². The minimum atomic E-state index is 0.323. The summed E-state index contributed by atoms with van der Waals surface area (Å²) in [6.07, 6.45) is 0. The van der Waals surface area contributed by atoms with Gasteiger partial charge in [0.2, 0.25) is 0 Å². The third-order valence-electron chi connectivity index (χ3n) is 0.933.